The fourth-order valence-electron chi connectivity index (χ4n) is 2.09. The number of halogens is 2. The zero-order chi connectivity index (χ0) is 13.8. The van der Waals surface area contributed by atoms with Gasteiger partial charge in [0, 0.05) is 12.2 Å². The van der Waals surface area contributed by atoms with E-state index in [0.717, 1.165) is 37.5 Å². The molecule has 0 saturated carbocycles. The van der Waals surface area contributed by atoms with Crippen LogP contribution in [0.5, 0.6) is 0 Å². The normalized spacial score (nSPS) is 21.1. The van der Waals surface area contributed by atoms with Crippen molar-refractivity contribution >= 4 is 5.57 Å². The van der Waals surface area contributed by atoms with Crippen molar-refractivity contribution in [3.05, 3.63) is 42.0 Å². The maximum atomic E-state index is 13.6. The molecule has 2 rings (SSSR count). The summed E-state index contributed by atoms with van der Waals surface area (Å²) < 4.78 is 37.9. The standard InChI is InChI=1S/C15H18F2O2/c1-10(13-9-12(16)6-7-14(13)17)11(2)19-15-5-3-4-8-18-15/h6-7,9,11,15H,1,3-5,8H2,2H3/t11?,15-/m0/s1. The zero-order valence-corrected chi connectivity index (χ0v) is 11.0. The number of hydrogen-bond acceptors (Lipinski definition) is 2. The molecule has 19 heavy (non-hydrogen) atoms. The van der Waals surface area contributed by atoms with E-state index in [-0.39, 0.29) is 11.9 Å². The molecular formula is C15H18F2O2. The lowest BCUT2D eigenvalue weighted by molar-refractivity contribution is -0.172. The van der Waals surface area contributed by atoms with E-state index in [4.69, 9.17) is 9.47 Å². The fraction of sp³-hybridized carbons (Fsp3) is 0.467. The SMILES string of the molecule is C=C(c1cc(F)ccc1F)C(C)O[C@H]1CCCCO1. The molecule has 104 valence electrons. The molecule has 0 aliphatic carbocycles. The summed E-state index contributed by atoms with van der Waals surface area (Å²) in [7, 11) is 0. The van der Waals surface area contributed by atoms with Gasteiger partial charge in [0.1, 0.15) is 11.6 Å². The zero-order valence-electron chi connectivity index (χ0n) is 11.0. The molecule has 0 bridgehead atoms. The van der Waals surface area contributed by atoms with Crippen LogP contribution in [0.2, 0.25) is 0 Å². The van der Waals surface area contributed by atoms with Gasteiger partial charge < -0.3 is 9.47 Å². The monoisotopic (exact) mass is 268 g/mol. The summed E-state index contributed by atoms with van der Waals surface area (Å²) >= 11 is 0. The summed E-state index contributed by atoms with van der Waals surface area (Å²) in [5, 5.41) is 0. The van der Waals surface area contributed by atoms with Crippen molar-refractivity contribution < 1.29 is 18.3 Å². The average molecular weight is 268 g/mol. The van der Waals surface area contributed by atoms with Crippen LogP contribution in [0.1, 0.15) is 31.7 Å². The Bertz CT molecular complexity index is 453. The molecule has 1 aliphatic rings. The van der Waals surface area contributed by atoms with Crippen molar-refractivity contribution in [1.29, 1.82) is 0 Å². The number of hydrogen-bond donors (Lipinski definition) is 0. The Hall–Kier alpha value is -1.26. The van der Waals surface area contributed by atoms with E-state index in [1.165, 1.54) is 0 Å². The number of rotatable bonds is 4. The molecular weight excluding hydrogens is 250 g/mol. The first kappa shape index (κ1) is 14.2. The molecule has 2 nitrogen and oxygen atoms in total. The van der Waals surface area contributed by atoms with E-state index < -0.39 is 17.7 Å². The van der Waals surface area contributed by atoms with Gasteiger partial charge in [-0.1, -0.05) is 6.58 Å². The van der Waals surface area contributed by atoms with Crippen LogP contribution in [0.25, 0.3) is 5.57 Å². The minimum Gasteiger partial charge on any atom is -0.353 e. The highest BCUT2D eigenvalue weighted by atomic mass is 19.1. The second kappa shape index (κ2) is 6.26. The van der Waals surface area contributed by atoms with Crippen LogP contribution in [0.15, 0.2) is 24.8 Å². The predicted molar refractivity (Wildman–Crippen MR) is 69.5 cm³/mol. The minimum absolute atomic E-state index is 0.156. The molecule has 0 radical (unpaired) electrons. The quantitative estimate of drug-likeness (QED) is 0.824. The first-order chi connectivity index (χ1) is 9.08. The molecule has 2 atom stereocenters. The molecule has 1 aromatic rings. The molecule has 0 N–H and O–H groups in total. The van der Waals surface area contributed by atoms with Crippen molar-refractivity contribution in [3.8, 4) is 0 Å². The van der Waals surface area contributed by atoms with Crippen molar-refractivity contribution in [3.63, 3.8) is 0 Å². The van der Waals surface area contributed by atoms with E-state index in [1.807, 2.05) is 0 Å². The lowest BCUT2D eigenvalue weighted by Crippen LogP contribution is -2.27. The highest BCUT2D eigenvalue weighted by Gasteiger charge is 2.21. The lowest BCUT2D eigenvalue weighted by atomic mass is 10.0. The second-order valence-electron chi connectivity index (χ2n) is 4.72. The van der Waals surface area contributed by atoms with Gasteiger partial charge in [0.05, 0.1) is 6.10 Å². The first-order valence-corrected chi connectivity index (χ1v) is 6.49. The largest absolute Gasteiger partial charge is 0.353 e. The van der Waals surface area contributed by atoms with Gasteiger partial charge in [0.25, 0.3) is 0 Å². The Morgan fingerprint density at radius 2 is 2.21 bits per heavy atom. The number of benzene rings is 1. The van der Waals surface area contributed by atoms with Crippen LogP contribution < -0.4 is 0 Å². The van der Waals surface area contributed by atoms with Crippen molar-refractivity contribution in [2.24, 2.45) is 0 Å². The Morgan fingerprint density at radius 1 is 1.42 bits per heavy atom. The summed E-state index contributed by atoms with van der Waals surface area (Å²) in [5.41, 5.74) is 0.578. The number of ether oxygens (including phenoxy) is 2. The van der Waals surface area contributed by atoms with Crippen LogP contribution in [0.4, 0.5) is 8.78 Å². The van der Waals surface area contributed by atoms with Crippen molar-refractivity contribution in [1.82, 2.24) is 0 Å². The topological polar surface area (TPSA) is 18.5 Å². The summed E-state index contributed by atoms with van der Waals surface area (Å²) in [6.45, 7) is 6.25. The highest BCUT2D eigenvalue weighted by molar-refractivity contribution is 5.66. The van der Waals surface area contributed by atoms with Crippen LogP contribution in [0, 0.1) is 11.6 Å². The third-order valence-electron chi connectivity index (χ3n) is 3.26. The maximum Gasteiger partial charge on any atom is 0.158 e. The third kappa shape index (κ3) is 3.61. The second-order valence-corrected chi connectivity index (χ2v) is 4.72. The molecule has 0 spiro atoms. The summed E-state index contributed by atoms with van der Waals surface area (Å²) in [6, 6.07) is 3.32. The average Bonchev–Trinajstić information content (AvgIpc) is 2.42. The Balaban J connectivity index is 2.03. The van der Waals surface area contributed by atoms with E-state index in [2.05, 4.69) is 6.58 Å². The van der Waals surface area contributed by atoms with Crippen LogP contribution in [-0.2, 0) is 9.47 Å². The smallest absolute Gasteiger partial charge is 0.158 e. The van der Waals surface area contributed by atoms with Crippen molar-refractivity contribution in [2.75, 3.05) is 6.61 Å². The maximum absolute atomic E-state index is 13.6. The molecule has 1 aliphatic heterocycles. The predicted octanol–water partition coefficient (Wildman–Crippen LogP) is 3.91. The van der Waals surface area contributed by atoms with E-state index in [9.17, 15) is 8.78 Å². The van der Waals surface area contributed by atoms with Gasteiger partial charge in [-0.15, -0.1) is 0 Å². The molecule has 1 aromatic carbocycles. The molecule has 1 unspecified atom stereocenters. The van der Waals surface area contributed by atoms with Gasteiger partial charge in [0.15, 0.2) is 6.29 Å². The summed E-state index contributed by atoms with van der Waals surface area (Å²) in [4.78, 5) is 0. The summed E-state index contributed by atoms with van der Waals surface area (Å²) in [5.74, 6) is -0.981. The molecule has 1 heterocycles. The highest BCUT2D eigenvalue weighted by Crippen LogP contribution is 2.25. The van der Waals surface area contributed by atoms with Gasteiger partial charge in [-0.05, 0) is 50.0 Å². The van der Waals surface area contributed by atoms with E-state index >= 15 is 0 Å². The fourth-order valence-corrected chi connectivity index (χ4v) is 2.09. The van der Waals surface area contributed by atoms with Gasteiger partial charge in [-0.25, -0.2) is 8.78 Å². The van der Waals surface area contributed by atoms with Crippen LogP contribution in [0.3, 0.4) is 0 Å². The molecule has 1 fully saturated rings. The molecule has 1 saturated heterocycles. The molecule has 4 heteroatoms. The van der Waals surface area contributed by atoms with E-state index in [0.29, 0.717) is 12.2 Å². The Kier molecular flexibility index (Phi) is 4.66. The molecule has 0 amide bonds. The Morgan fingerprint density at radius 3 is 2.89 bits per heavy atom. The van der Waals surface area contributed by atoms with Gasteiger partial charge in [-0.3, -0.25) is 0 Å². The van der Waals surface area contributed by atoms with Crippen molar-refractivity contribution in [2.45, 2.75) is 38.6 Å². The van der Waals surface area contributed by atoms with Gasteiger partial charge in [0.2, 0.25) is 0 Å². The van der Waals surface area contributed by atoms with Gasteiger partial charge >= 0.3 is 0 Å². The van der Waals surface area contributed by atoms with Crippen LogP contribution in [-0.4, -0.2) is 19.0 Å². The first-order valence-electron chi connectivity index (χ1n) is 6.49. The minimum atomic E-state index is -0.494. The third-order valence-corrected chi connectivity index (χ3v) is 3.26. The van der Waals surface area contributed by atoms with E-state index in [1.54, 1.807) is 6.92 Å². The summed E-state index contributed by atoms with van der Waals surface area (Å²) in [6.07, 6.45) is 2.21. The molecule has 0 aromatic heterocycles. The van der Waals surface area contributed by atoms with Crippen LogP contribution >= 0.6 is 0 Å². The Labute approximate surface area is 112 Å². The lowest BCUT2D eigenvalue weighted by Gasteiger charge is -2.27. The van der Waals surface area contributed by atoms with Gasteiger partial charge in [-0.2, -0.15) is 0 Å².